The lowest BCUT2D eigenvalue weighted by molar-refractivity contribution is -0.137. The fourth-order valence-corrected chi connectivity index (χ4v) is 2.35. The van der Waals surface area contributed by atoms with Crippen molar-refractivity contribution in [3.8, 4) is 6.07 Å². The molecule has 0 spiro atoms. The van der Waals surface area contributed by atoms with E-state index in [1.165, 1.54) is 12.3 Å². The van der Waals surface area contributed by atoms with Crippen molar-refractivity contribution >= 4 is 11.8 Å². The molecule has 2 nitrogen and oxygen atoms in total. The van der Waals surface area contributed by atoms with Gasteiger partial charge in [0.1, 0.15) is 6.07 Å². The van der Waals surface area contributed by atoms with Gasteiger partial charge in [-0.05, 0) is 30.3 Å². The van der Waals surface area contributed by atoms with Crippen LogP contribution in [0.5, 0.6) is 0 Å². The third-order valence-corrected chi connectivity index (χ3v) is 3.30. The zero-order valence-corrected chi connectivity index (χ0v) is 10.3. The van der Waals surface area contributed by atoms with Crippen molar-refractivity contribution in [2.75, 3.05) is 0 Å². The molecule has 0 aliphatic rings. The molecule has 0 amide bonds. The number of benzene rings is 1. The van der Waals surface area contributed by atoms with E-state index >= 15 is 0 Å². The molecule has 0 aliphatic heterocycles. The Labute approximate surface area is 111 Å². The molecule has 2 rings (SSSR count). The number of rotatable bonds is 2. The fourth-order valence-electron chi connectivity index (χ4n) is 1.42. The van der Waals surface area contributed by atoms with E-state index in [0.29, 0.717) is 9.79 Å². The Hall–Kier alpha value is -2.00. The van der Waals surface area contributed by atoms with Gasteiger partial charge in [-0.1, -0.05) is 17.8 Å². The molecule has 19 heavy (non-hydrogen) atoms. The van der Waals surface area contributed by atoms with Gasteiger partial charge in [0.05, 0.1) is 5.56 Å². The van der Waals surface area contributed by atoms with E-state index in [0.717, 1.165) is 23.9 Å². The van der Waals surface area contributed by atoms with Crippen LogP contribution in [0.25, 0.3) is 0 Å². The van der Waals surface area contributed by atoms with Crippen LogP contribution >= 0.6 is 11.8 Å². The van der Waals surface area contributed by atoms with Crippen molar-refractivity contribution in [1.29, 1.82) is 5.26 Å². The predicted molar refractivity (Wildman–Crippen MR) is 64.5 cm³/mol. The summed E-state index contributed by atoms with van der Waals surface area (Å²) in [5.41, 5.74) is -0.509. The van der Waals surface area contributed by atoms with Gasteiger partial charge in [0.25, 0.3) is 0 Å². The molecule has 0 atom stereocenters. The van der Waals surface area contributed by atoms with E-state index in [2.05, 4.69) is 4.98 Å². The average Bonchev–Trinajstić information content (AvgIpc) is 2.39. The Bertz CT molecular complexity index is 632. The average molecular weight is 280 g/mol. The summed E-state index contributed by atoms with van der Waals surface area (Å²) >= 11 is 1.08. The predicted octanol–water partition coefficient (Wildman–Crippen LogP) is 4.12. The number of halogens is 3. The van der Waals surface area contributed by atoms with Gasteiger partial charge in [-0.2, -0.15) is 18.4 Å². The van der Waals surface area contributed by atoms with E-state index < -0.39 is 11.7 Å². The summed E-state index contributed by atoms with van der Waals surface area (Å²) in [6.45, 7) is 0. The van der Waals surface area contributed by atoms with Crippen LogP contribution in [-0.4, -0.2) is 4.98 Å². The number of hydrogen-bond acceptors (Lipinski definition) is 3. The van der Waals surface area contributed by atoms with Crippen molar-refractivity contribution in [3.05, 3.63) is 53.9 Å². The molecule has 0 bridgehead atoms. The molecule has 1 aromatic carbocycles. The van der Waals surface area contributed by atoms with Gasteiger partial charge >= 0.3 is 6.18 Å². The molecule has 0 fully saturated rings. The van der Waals surface area contributed by atoms with Gasteiger partial charge in [-0.25, -0.2) is 4.98 Å². The maximum Gasteiger partial charge on any atom is 0.416 e. The third kappa shape index (κ3) is 3.26. The molecule has 0 saturated heterocycles. The van der Waals surface area contributed by atoms with E-state index in [9.17, 15) is 13.2 Å². The Morgan fingerprint density at radius 2 is 1.95 bits per heavy atom. The molecule has 6 heteroatoms. The van der Waals surface area contributed by atoms with Crippen LogP contribution in [-0.2, 0) is 6.18 Å². The quantitative estimate of drug-likeness (QED) is 0.830. The van der Waals surface area contributed by atoms with Crippen LogP contribution < -0.4 is 0 Å². The van der Waals surface area contributed by atoms with Crippen molar-refractivity contribution < 1.29 is 13.2 Å². The van der Waals surface area contributed by atoms with Crippen molar-refractivity contribution in [2.45, 2.75) is 16.0 Å². The number of aromatic nitrogens is 1. The molecule has 2 aromatic rings. The Morgan fingerprint density at radius 1 is 1.16 bits per heavy atom. The highest BCUT2D eigenvalue weighted by Gasteiger charge is 2.30. The second kappa shape index (κ2) is 5.33. The van der Waals surface area contributed by atoms with Crippen molar-refractivity contribution in [2.24, 2.45) is 0 Å². The third-order valence-electron chi connectivity index (χ3n) is 2.27. The smallest absolute Gasteiger partial charge is 0.244 e. The number of alkyl halides is 3. The first-order chi connectivity index (χ1) is 9.00. The number of nitrogens with zero attached hydrogens (tertiary/aromatic N) is 2. The van der Waals surface area contributed by atoms with Crippen molar-refractivity contribution in [3.63, 3.8) is 0 Å². The highest BCUT2D eigenvalue weighted by molar-refractivity contribution is 7.99. The molecular weight excluding hydrogens is 273 g/mol. The van der Waals surface area contributed by atoms with Crippen molar-refractivity contribution in [1.82, 2.24) is 4.98 Å². The van der Waals surface area contributed by atoms with Crippen LogP contribution in [0.15, 0.2) is 52.4 Å². The highest BCUT2D eigenvalue weighted by atomic mass is 32.2. The zero-order valence-electron chi connectivity index (χ0n) is 9.48. The van der Waals surface area contributed by atoms with E-state index in [1.807, 2.05) is 6.07 Å². The molecule has 0 N–H and O–H groups in total. The van der Waals surface area contributed by atoms with E-state index in [-0.39, 0.29) is 5.69 Å². The molecule has 1 heterocycles. The first kappa shape index (κ1) is 13.4. The fraction of sp³-hybridized carbons (Fsp3) is 0.0769. The van der Waals surface area contributed by atoms with Crippen LogP contribution in [0.1, 0.15) is 11.3 Å². The van der Waals surface area contributed by atoms with Gasteiger partial charge in [0.15, 0.2) is 5.69 Å². The standard InChI is InChI=1S/C13H7F3N2S/c14-13(15,16)9-3-1-4-10(7-9)19-12-5-2-6-18-11(12)8-17/h1-7H. The Balaban J connectivity index is 2.32. The van der Waals surface area contributed by atoms with Crippen LogP contribution in [0.3, 0.4) is 0 Å². The molecule has 0 saturated carbocycles. The molecular formula is C13H7F3N2S. The minimum atomic E-state index is -4.37. The Kier molecular flexibility index (Phi) is 3.76. The summed E-state index contributed by atoms with van der Waals surface area (Å²) in [4.78, 5) is 4.81. The lowest BCUT2D eigenvalue weighted by Gasteiger charge is -2.08. The normalized spacial score (nSPS) is 11.1. The van der Waals surface area contributed by atoms with Gasteiger partial charge in [-0.3, -0.25) is 0 Å². The van der Waals surface area contributed by atoms with Crippen LogP contribution in [0.4, 0.5) is 13.2 Å². The number of nitriles is 1. The van der Waals surface area contributed by atoms with Gasteiger partial charge < -0.3 is 0 Å². The van der Waals surface area contributed by atoms with E-state index in [1.54, 1.807) is 18.2 Å². The molecule has 0 radical (unpaired) electrons. The minimum Gasteiger partial charge on any atom is -0.244 e. The second-order valence-electron chi connectivity index (χ2n) is 3.59. The zero-order chi connectivity index (χ0) is 13.9. The first-order valence-corrected chi connectivity index (χ1v) is 6.02. The van der Waals surface area contributed by atoms with Gasteiger partial charge in [-0.15, -0.1) is 0 Å². The lowest BCUT2D eigenvalue weighted by Crippen LogP contribution is -2.04. The van der Waals surface area contributed by atoms with Crippen LogP contribution in [0, 0.1) is 11.3 Å². The SMILES string of the molecule is N#Cc1ncccc1Sc1cccc(C(F)(F)F)c1. The maximum atomic E-state index is 12.6. The molecule has 0 unspecified atom stereocenters. The first-order valence-electron chi connectivity index (χ1n) is 5.21. The summed E-state index contributed by atoms with van der Waals surface area (Å²) in [5, 5.41) is 8.87. The summed E-state index contributed by atoms with van der Waals surface area (Å²) in [5.74, 6) is 0. The van der Waals surface area contributed by atoms with Crippen LogP contribution in [0.2, 0.25) is 0 Å². The second-order valence-corrected chi connectivity index (χ2v) is 4.70. The molecule has 96 valence electrons. The summed E-state index contributed by atoms with van der Waals surface area (Å²) < 4.78 is 37.7. The molecule has 1 aromatic heterocycles. The minimum absolute atomic E-state index is 0.199. The van der Waals surface area contributed by atoms with Gasteiger partial charge in [0.2, 0.25) is 0 Å². The Morgan fingerprint density at radius 3 is 2.63 bits per heavy atom. The number of hydrogen-bond donors (Lipinski definition) is 0. The maximum absolute atomic E-state index is 12.6. The number of pyridine rings is 1. The van der Waals surface area contributed by atoms with Gasteiger partial charge in [0, 0.05) is 16.0 Å². The summed E-state index contributed by atoms with van der Waals surface area (Å²) in [6.07, 6.45) is -2.90. The monoisotopic (exact) mass is 280 g/mol. The van der Waals surface area contributed by atoms with E-state index in [4.69, 9.17) is 5.26 Å². The lowest BCUT2D eigenvalue weighted by atomic mass is 10.2. The summed E-state index contributed by atoms with van der Waals surface area (Å²) in [6, 6.07) is 10.2. The molecule has 0 aliphatic carbocycles. The largest absolute Gasteiger partial charge is 0.416 e. The highest BCUT2D eigenvalue weighted by Crippen LogP contribution is 2.34. The topological polar surface area (TPSA) is 36.7 Å². The summed E-state index contributed by atoms with van der Waals surface area (Å²) in [7, 11) is 0.